The van der Waals surface area contributed by atoms with E-state index < -0.39 is 24.7 Å². The molecule has 12 heavy (non-hydrogen) atoms. The third-order valence-corrected chi connectivity index (χ3v) is 0.929. The Morgan fingerprint density at radius 2 is 1.42 bits per heavy atom. The second kappa shape index (κ2) is 6.64. The molecule has 0 rings (SSSR count). The molecule has 0 fully saturated rings. The molecule has 0 aliphatic rings. The van der Waals surface area contributed by atoms with Crippen molar-refractivity contribution in [3.63, 3.8) is 0 Å². The molecular weight excluding hydrogens is 160 g/mol. The lowest BCUT2D eigenvalue weighted by Gasteiger charge is -2.01. The van der Waals surface area contributed by atoms with Gasteiger partial charge in [0, 0.05) is 2.74 Å². The Balaban J connectivity index is 4.16. The van der Waals surface area contributed by atoms with Gasteiger partial charge in [0.15, 0.2) is 0 Å². The van der Waals surface area contributed by atoms with Crippen molar-refractivity contribution in [3.8, 4) is 0 Å². The Hall–Kier alpha value is -1.06. The lowest BCUT2D eigenvalue weighted by atomic mass is 10.3. The second-order valence-corrected chi connectivity index (χ2v) is 1.84. The van der Waals surface area contributed by atoms with E-state index >= 15 is 0 Å². The van der Waals surface area contributed by atoms with Crippen molar-refractivity contribution in [2.24, 2.45) is 0 Å². The van der Waals surface area contributed by atoms with Gasteiger partial charge < -0.3 is 9.47 Å². The average molecular weight is 176 g/mol. The Morgan fingerprint density at radius 3 is 1.67 bits per heavy atom. The maximum absolute atomic E-state index is 11.0. The van der Waals surface area contributed by atoms with E-state index in [-0.39, 0.29) is 13.2 Å². The molecule has 0 aliphatic heterocycles. The van der Waals surface area contributed by atoms with E-state index in [4.69, 9.17) is 2.74 Å². The van der Waals surface area contributed by atoms with E-state index in [1.807, 2.05) is 0 Å². The van der Waals surface area contributed by atoms with Gasteiger partial charge in [0.2, 0.25) is 0 Å². The first kappa shape index (κ1) is 7.58. The van der Waals surface area contributed by atoms with Gasteiger partial charge in [-0.2, -0.15) is 0 Å². The summed E-state index contributed by atoms with van der Waals surface area (Å²) in [6, 6.07) is 0. The van der Waals surface area contributed by atoms with Crippen LogP contribution in [0.15, 0.2) is 0 Å². The van der Waals surface area contributed by atoms with Crippen molar-refractivity contribution in [3.05, 3.63) is 0 Å². The molecule has 0 heterocycles. The Bertz CT molecular complexity index is 186. The molecule has 0 saturated carbocycles. The molecule has 0 saturated heterocycles. The molecule has 0 aromatic heterocycles. The van der Waals surface area contributed by atoms with E-state index in [0.29, 0.717) is 0 Å². The van der Waals surface area contributed by atoms with Gasteiger partial charge in [-0.3, -0.25) is 9.59 Å². The van der Waals surface area contributed by atoms with Crippen LogP contribution in [0.25, 0.3) is 0 Å². The minimum Gasteiger partial charge on any atom is -0.466 e. The number of carbonyl (C=O) groups excluding carboxylic acids is 2. The van der Waals surface area contributed by atoms with Crippen molar-refractivity contribution < 1.29 is 21.8 Å². The maximum atomic E-state index is 11.0. The minimum absolute atomic E-state index is 0.129. The van der Waals surface area contributed by atoms with Crippen LogP contribution in [0.2, 0.25) is 0 Å². The predicted octanol–water partition coefficient (Wildman–Crippen LogP) is 0.893. The topological polar surface area (TPSA) is 52.6 Å². The minimum atomic E-state index is -1.53. The molecule has 0 aromatic carbocycles. The van der Waals surface area contributed by atoms with Gasteiger partial charge in [0.05, 0.1) is 26.0 Å². The highest BCUT2D eigenvalue weighted by molar-refractivity contribution is 5.77. The lowest BCUT2D eigenvalue weighted by Crippen LogP contribution is -2.09. The predicted molar refractivity (Wildman–Crippen MR) is 42.5 cm³/mol. The van der Waals surface area contributed by atoms with Crippen LogP contribution in [0.3, 0.4) is 0 Å². The van der Waals surface area contributed by atoms with Gasteiger partial charge >= 0.3 is 11.9 Å². The lowest BCUT2D eigenvalue weighted by molar-refractivity contribution is -0.149. The summed E-state index contributed by atoms with van der Waals surface area (Å²) in [5, 5.41) is 0. The van der Waals surface area contributed by atoms with E-state index in [9.17, 15) is 9.59 Å². The van der Waals surface area contributed by atoms with Crippen LogP contribution in [-0.2, 0) is 19.1 Å². The van der Waals surface area contributed by atoms with Gasteiger partial charge in [-0.05, 0) is 13.8 Å². The van der Waals surface area contributed by atoms with Crippen LogP contribution in [0.1, 0.15) is 29.4 Å². The van der Waals surface area contributed by atoms with Crippen LogP contribution >= 0.6 is 0 Å². The van der Waals surface area contributed by atoms with Crippen molar-refractivity contribution in [2.75, 3.05) is 13.2 Å². The fraction of sp³-hybridized carbons (Fsp3) is 0.750. The van der Waals surface area contributed by atoms with E-state index in [1.165, 1.54) is 0 Å². The molecule has 0 amide bonds. The molecule has 70 valence electrons. The van der Waals surface area contributed by atoms with Gasteiger partial charge in [0.25, 0.3) is 0 Å². The summed E-state index contributed by atoms with van der Waals surface area (Å²) in [5.41, 5.74) is 0. The fourth-order valence-electron chi connectivity index (χ4n) is 0.517. The first-order valence-corrected chi connectivity index (χ1v) is 3.72. The van der Waals surface area contributed by atoms with Crippen molar-refractivity contribution in [1.29, 1.82) is 0 Å². The molecule has 0 spiro atoms. The summed E-state index contributed by atoms with van der Waals surface area (Å²) in [6.07, 6.45) is -3.07. The molecule has 4 nitrogen and oxygen atoms in total. The zero-order chi connectivity index (χ0) is 11.1. The van der Waals surface area contributed by atoms with E-state index in [1.54, 1.807) is 13.8 Å². The maximum Gasteiger partial charge on any atom is 0.306 e. The van der Waals surface area contributed by atoms with Crippen LogP contribution in [0.4, 0.5) is 0 Å². The molecule has 4 heteroatoms. The summed E-state index contributed by atoms with van der Waals surface area (Å²) in [4.78, 5) is 21.9. The Morgan fingerprint density at radius 1 is 1.08 bits per heavy atom. The third kappa shape index (κ3) is 5.70. The number of hydrogen-bond acceptors (Lipinski definition) is 4. The first-order chi connectivity index (χ1) is 6.54. The van der Waals surface area contributed by atoms with Crippen molar-refractivity contribution in [2.45, 2.75) is 26.6 Å². The van der Waals surface area contributed by atoms with E-state index in [2.05, 4.69) is 9.47 Å². The highest BCUT2D eigenvalue weighted by Gasteiger charge is 2.06. The Kier molecular flexibility index (Phi) is 4.19. The van der Waals surface area contributed by atoms with Crippen LogP contribution in [0, 0.1) is 0 Å². The molecule has 0 N–H and O–H groups in total. The smallest absolute Gasteiger partial charge is 0.306 e. The van der Waals surface area contributed by atoms with Gasteiger partial charge in [-0.15, -0.1) is 0 Å². The monoisotopic (exact) mass is 176 g/mol. The van der Waals surface area contributed by atoms with E-state index in [0.717, 1.165) is 0 Å². The number of rotatable bonds is 5. The van der Waals surface area contributed by atoms with Crippen LogP contribution in [0.5, 0.6) is 0 Å². The van der Waals surface area contributed by atoms with Gasteiger partial charge in [-0.25, -0.2) is 0 Å². The third-order valence-electron chi connectivity index (χ3n) is 0.929. The molecule has 0 aliphatic carbocycles. The standard InChI is InChI=1S/C8H14O4/c1-3-11-7(9)5-6-8(10)12-4-2/h3-6H2,1-2H3/i5D,6D. The zero-order valence-electron chi connectivity index (χ0n) is 9.20. The summed E-state index contributed by atoms with van der Waals surface area (Å²) < 4.78 is 23.5. The first-order valence-electron chi connectivity index (χ1n) is 4.87. The highest BCUT2D eigenvalue weighted by Crippen LogP contribution is 1.95. The molecule has 2 atom stereocenters. The van der Waals surface area contributed by atoms with Crippen LogP contribution in [-0.4, -0.2) is 25.2 Å². The van der Waals surface area contributed by atoms with Gasteiger partial charge in [0.1, 0.15) is 0 Å². The zero-order valence-corrected chi connectivity index (χ0v) is 7.20. The summed E-state index contributed by atoms with van der Waals surface area (Å²) in [5.74, 6) is -1.75. The molecule has 0 aromatic rings. The van der Waals surface area contributed by atoms with Gasteiger partial charge in [-0.1, -0.05) is 0 Å². The average Bonchev–Trinajstić information content (AvgIpc) is 2.16. The molecule has 0 radical (unpaired) electrons. The fourth-order valence-corrected chi connectivity index (χ4v) is 0.517. The molecular formula is C8H14O4. The number of esters is 2. The summed E-state index contributed by atoms with van der Waals surface area (Å²) in [6.45, 7) is 3.44. The quantitative estimate of drug-likeness (QED) is 0.584. The number of ether oxygens (including phenoxy) is 2. The summed E-state index contributed by atoms with van der Waals surface area (Å²) in [7, 11) is 0. The highest BCUT2D eigenvalue weighted by atomic mass is 16.5. The number of carbonyl (C=O) groups is 2. The Labute approximate surface area is 74.7 Å². The summed E-state index contributed by atoms with van der Waals surface area (Å²) >= 11 is 0. The largest absolute Gasteiger partial charge is 0.466 e. The van der Waals surface area contributed by atoms with Crippen LogP contribution < -0.4 is 0 Å². The number of hydrogen-bond donors (Lipinski definition) is 0. The van der Waals surface area contributed by atoms with Crippen molar-refractivity contribution >= 4 is 11.9 Å². The normalized spacial score (nSPS) is 16.8. The molecule has 0 bridgehead atoms. The molecule has 2 unspecified atom stereocenters. The van der Waals surface area contributed by atoms with Crippen molar-refractivity contribution in [1.82, 2.24) is 0 Å². The second-order valence-electron chi connectivity index (χ2n) is 1.84. The SMILES string of the molecule is [2H]C(C(=O)OCC)C([2H])C(=O)OCC.